The van der Waals surface area contributed by atoms with Gasteiger partial charge in [-0.25, -0.2) is 8.42 Å². The quantitative estimate of drug-likeness (QED) is 0.575. The van der Waals surface area contributed by atoms with Gasteiger partial charge in [-0.2, -0.15) is 4.31 Å². The van der Waals surface area contributed by atoms with Gasteiger partial charge in [-0.3, -0.25) is 9.59 Å². The molecule has 1 aromatic heterocycles. The zero-order valence-corrected chi connectivity index (χ0v) is 20.5. The molecule has 1 aliphatic heterocycles. The predicted molar refractivity (Wildman–Crippen MR) is 124 cm³/mol. The molecule has 5 fully saturated rings. The molecule has 4 bridgehead atoms. The number of thiophene rings is 1. The third-order valence-electron chi connectivity index (χ3n) is 7.82. The average Bonchev–Trinajstić information content (AvgIpc) is 3.27. The van der Waals surface area contributed by atoms with Gasteiger partial charge in [0.1, 0.15) is 4.21 Å². The number of morpholine rings is 1. The Morgan fingerprint density at radius 3 is 2.30 bits per heavy atom. The van der Waals surface area contributed by atoms with Crippen LogP contribution in [0.3, 0.4) is 0 Å². The molecule has 10 heteroatoms. The molecule has 4 saturated carbocycles. The van der Waals surface area contributed by atoms with E-state index < -0.39 is 10.0 Å². The number of nitrogens with one attached hydrogen (secondary N) is 2. The van der Waals surface area contributed by atoms with Crippen LogP contribution < -0.4 is 10.6 Å². The molecular weight excluding hydrogens is 462 g/mol. The molecule has 0 atom stereocenters. The van der Waals surface area contributed by atoms with Crippen molar-refractivity contribution < 1.29 is 22.7 Å². The molecule has 2 N–H and O–H groups in total. The predicted octanol–water partition coefficient (Wildman–Crippen LogP) is 2.11. The van der Waals surface area contributed by atoms with Crippen molar-refractivity contribution in [1.82, 2.24) is 14.9 Å². The maximum absolute atomic E-state index is 13.0. The third-order valence-corrected chi connectivity index (χ3v) is 11.3. The summed E-state index contributed by atoms with van der Waals surface area (Å²) in [6.07, 6.45) is 7.18. The molecule has 5 aliphatic rings. The van der Waals surface area contributed by atoms with Gasteiger partial charge in [-0.05, 0) is 68.4 Å². The Bertz CT molecular complexity index is 964. The first-order valence-corrected chi connectivity index (χ1v) is 14.3. The number of carbonyl (C=O) groups is 2. The van der Waals surface area contributed by atoms with Crippen LogP contribution in [0.15, 0.2) is 16.3 Å². The zero-order chi connectivity index (χ0) is 23.1. The van der Waals surface area contributed by atoms with Crippen molar-refractivity contribution in [1.29, 1.82) is 0 Å². The lowest BCUT2D eigenvalue weighted by atomic mass is 9.49. The van der Waals surface area contributed by atoms with Crippen molar-refractivity contribution in [3.05, 3.63) is 17.0 Å². The average molecular weight is 496 g/mol. The minimum absolute atomic E-state index is 0.144. The van der Waals surface area contributed by atoms with Crippen LogP contribution in [-0.2, 0) is 30.9 Å². The summed E-state index contributed by atoms with van der Waals surface area (Å²) in [4.78, 5) is 26.1. The number of carbonyl (C=O) groups excluding carboxylic acids is 2. The number of sulfonamides is 1. The fourth-order valence-corrected chi connectivity index (χ4v) is 9.50. The number of ether oxygens (including phenoxy) is 1. The highest BCUT2D eigenvalue weighted by Gasteiger charge is 2.54. The van der Waals surface area contributed by atoms with E-state index in [0.717, 1.165) is 24.1 Å². The second kappa shape index (κ2) is 9.28. The fourth-order valence-electron chi connectivity index (χ4n) is 6.65. The van der Waals surface area contributed by atoms with Gasteiger partial charge in [-0.1, -0.05) is 0 Å². The van der Waals surface area contributed by atoms with Crippen LogP contribution in [0, 0.1) is 23.2 Å². The van der Waals surface area contributed by atoms with E-state index in [1.165, 1.54) is 34.9 Å². The minimum atomic E-state index is -3.51. The van der Waals surface area contributed by atoms with Gasteiger partial charge < -0.3 is 15.4 Å². The summed E-state index contributed by atoms with van der Waals surface area (Å²) in [5.41, 5.74) is -0.190. The van der Waals surface area contributed by atoms with Crippen molar-refractivity contribution in [3.8, 4) is 0 Å². The van der Waals surface area contributed by atoms with E-state index in [4.69, 9.17) is 4.74 Å². The summed E-state index contributed by atoms with van der Waals surface area (Å²) in [5.74, 6) is 2.14. The number of hydrogen-bond acceptors (Lipinski definition) is 6. The summed E-state index contributed by atoms with van der Waals surface area (Å²) >= 11 is 1.18. The molecule has 1 aromatic rings. The first-order chi connectivity index (χ1) is 15.8. The second-order valence-corrected chi connectivity index (χ2v) is 13.6. The number of hydrogen-bond donors (Lipinski definition) is 2. The van der Waals surface area contributed by atoms with Gasteiger partial charge in [0.05, 0.1) is 19.8 Å². The Labute approximate surface area is 199 Å². The van der Waals surface area contributed by atoms with E-state index >= 15 is 0 Å². The van der Waals surface area contributed by atoms with Gasteiger partial charge in [0, 0.05) is 36.3 Å². The largest absolute Gasteiger partial charge is 0.379 e. The molecule has 0 unspecified atom stereocenters. The minimum Gasteiger partial charge on any atom is -0.379 e. The molecule has 33 heavy (non-hydrogen) atoms. The normalized spacial score (nSPS) is 31.5. The summed E-state index contributed by atoms with van der Waals surface area (Å²) in [6, 6.07) is 3.34. The van der Waals surface area contributed by atoms with Gasteiger partial charge in [0.15, 0.2) is 0 Å². The Balaban J connectivity index is 1.06. The fraction of sp³-hybridized carbons (Fsp3) is 0.739. The van der Waals surface area contributed by atoms with Crippen molar-refractivity contribution in [2.24, 2.45) is 23.2 Å². The van der Waals surface area contributed by atoms with Crippen molar-refractivity contribution >= 4 is 33.2 Å². The van der Waals surface area contributed by atoms with Crippen LogP contribution in [-0.4, -0.2) is 57.4 Å². The number of rotatable bonds is 8. The molecular formula is C23H33N3O5S2. The number of nitrogens with zero attached hydrogens (tertiary/aromatic N) is 1. The van der Waals surface area contributed by atoms with Crippen LogP contribution in [0.4, 0.5) is 0 Å². The highest BCUT2D eigenvalue weighted by molar-refractivity contribution is 7.91. The summed E-state index contributed by atoms with van der Waals surface area (Å²) in [7, 11) is -3.51. The maximum Gasteiger partial charge on any atom is 0.252 e. The van der Waals surface area contributed by atoms with Crippen LogP contribution in [0.2, 0.25) is 0 Å². The number of amides is 2. The topological polar surface area (TPSA) is 105 Å². The Kier molecular flexibility index (Phi) is 6.54. The molecule has 182 valence electrons. The molecule has 6 rings (SSSR count). The van der Waals surface area contributed by atoms with Crippen LogP contribution in [0.5, 0.6) is 0 Å². The summed E-state index contributed by atoms with van der Waals surface area (Å²) in [5, 5.41) is 5.88. The smallest absolute Gasteiger partial charge is 0.252 e. The summed E-state index contributed by atoms with van der Waals surface area (Å²) < 4.78 is 32.4. The zero-order valence-electron chi connectivity index (χ0n) is 18.9. The lowest BCUT2D eigenvalue weighted by Gasteiger charge is -2.55. The molecule has 2 heterocycles. The van der Waals surface area contributed by atoms with Crippen LogP contribution in [0.1, 0.15) is 49.8 Å². The van der Waals surface area contributed by atoms with E-state index in [1.807, 2.05) is 0 Å². The van der Waals surface area contributed by atoms with Gasteiger partial charge in [0.2, 0.25) is 11.8 Å². The molecule has 0 aromatic carbocycles. The van der Waals surface area contributed by atoms with Gasteiger partial charge in [0.25, 0.3) is 10.0 Å². The molecule has 4 aliphatic carbocycles. The van der Waals surface area contributed by atoms with E-state index in [1.54, 1.807) is 12.1 Å². The first-order valence-electron chi connectivity index (χ1n) is 12.1. The molecule has 8 nitrogen and oxygen atoms in total. The Hall–Kier alpha value is -1.49. The SMILES string of the molecule is O=C(CCNC(=O)C12CC3CC(CC(C3)C1)C2)NCc1ccc(S(=O)(=O)N2CCOCC2)s1. The van der Waals surface area contributed by atoms with Crippen LogP contribution in [0.25, 0.3) is 0 Å². The molecule has 0 radical (unpaired) electrons. The van der Waals surface area contributed by atoms with E-state index in [2.05, 4.69) is 10.6 Å². The first kappa shape index (κ1) is 23.3. The van der Waals surface area contributed by atoms with Crippen LogP contribution >= 0.6 is 11.3 Å². The van der Waals surface area contributed by atoms with Gasteiger partial charge >= 0.3 is 0 Å². The Morgan fingerprint density at radius 1 is 1.03 bits per heavy atom. The molecule has 1 saturated heterocycles. The molecule has 2 amide bonds. The standard InChI is InChI=1S/C23H33N3O5S2/c27-20(3-4-24-22(28)23-12-16-9-17(13-23)11-18(10-16)14-23)25-15-19-1-2-21(32-19)33(29,30)26-5-7-31-8-6-26/h1-2,16-18H,3-15H2,(H,24,28)(H,25,27). The van der Waals surface area contributed by atoms with E-state index in [0.29, 0.717) is 50.6 Å². The highest BCUT2D eigenvalue weighted by atomic mass is 32.2. The maximum atomic E-state index is 13.0. The monoisotopic (exact) mass is 495 g/mol. The Morgan fingerprint density at radius 2 is 1.67 bits per heavy atom. The van der Waals surface area contributed by atoms with Gasteiger partial charge in [-0.15, -0.1) is 11.3 Å². The molecule has 0 spiro atoms. The third kappa shape index (κ3) is 4.85. The van der Waals surface area contributed by atoms with Crippen molar-refractivity contribution in [2.75, 3.05) is 32.8 Å². The lowest BCUT2D eigenvalue weighted by molar-refractivity contribution is -0.146. The van der Waals surface area contributed by atoms with Crippen molar-refractivity contribution in [2.45, 2.75) is 55.7 Å². The highest BCUT2D eigenvalue weighted by Crippen LogP contribution is 2.60. The van der Waals surface area contributed by atoms with Crippen molar-refractivity contribution in [3.63, 3.8) is 0 Å². The van der Waals surface area contributed by atoms with E-state index in [-0.39, 0.29) is 34.4 Å². The van der Waals surface area contributed by atoms with E-state index in [9.17, 15) is 18.0 Å². The lowest BCUT2D eigenvalue weighted by Crippen LogP contribution is -2.53. The summed E-state index contributed by atoms with van der Waals surface area (Å²) in [6.45, 7) is 2.17. The second-order valence-electron chi connectivity index (χ2n) is 10.2.